The van der Waals surface area contributed by atoms with Crippen molar-refractivity contribution in [1.82, 2.24) is 13.5 Å². The predicted molar refractivity (Wildman–Crippen MR) is 108 cm³/mol. The van der Waals surface area contributed by atoms with Crippen molar-refractivity contribution in [2.75, 3.05) is 7.11 Å². The standard InChI is InChI=1S/C20H18ClN3OS/c1-23-18-4-3-11-24(13-14-5-8-16(25-2)9-6-14)20(18)22-17-10-7-15(21)12-19(17)26-23/h3-12H,13H2,1-2H3. The van der Waals surface area contributed by atoms with Gasteiger partial charge in [0.2, 0.25) is 0 Å². The molecule has 0 saturated carbocycles. The maximum atomic E-state index is 6.16. The van der Waals surface area contributed by atoms with E-state index in [2.05, 4.69) is 39.0 Å². The van der Waals surface area contributed by atoms with Gasteiger partial charge in [-0.2, -0.15) is 0 Å². The van der Waals surface area contributed by atoms with Gasteiger partial charge in [0.05, 0.1) is 23.0 Å². The molecule has 0 aromatic heterocycles. The number of fused-ring (bicyclic) bond motifs is 2. The van der Waals surface area contributed by atoms with Crippen LogP contribution in [0.25, 0.3) is 21.7 Å². The van der Waals surface area contributed by atoms with Crippen molar-refractivity contribution in [3.05, 3.63) is 71.4 Å². The molecule has 0 N–H and O–H groups in total. The van der Waals surface area contributed by atoms with Crippen LogP contribution in [-0.2, 0) is 13.6 Å². The van der Waals surface area contributed by atoms with Crippen molar-refractivity contribution in [2.24, 2.45) is 7.05 Å². The first-order chi connectivity index (χ1) is 12.6. The van der Waals surface area contributed by atoms with Crippen molar-refractivity contribution in [3.8, 4) is 17.3 Å². The van der Waals surface area contributed by atoms with E-state index in [0.717, 1.165) is 39.1 Å². The van der Waals surface area contributed by atoms with E-state index in [-0.39, 0.29) is 0 Å². The van der Waals surface area contributed by atoms with E-state index in [4.69, 9.17) is 21.3 Å². The average molecular weight is 384 g/mol. The lowest BCUT2D eigenvalue weighted by Crippen LogP contribution is -2.08. The van der Waals surface area contributed by atoms with Gasteiger partial charge in [-0.3, -0.25) is 3.96 Å². The molecule has 2 heterocycles. The Balaban J connectivity index is 1.87. The van der Waals surface area contributed by atoms with E-state index in [1.54, 1.807) is 18.6 Å². The summed E-state index contributed by atoms with van der Waals surface area (Å²) in [6.07, 6.45) is 2.06. The maximum Gasteiger partial charge on any atom is 0.158 e. The summed E-state index contributed by atoms with van der Waals surface area (Å²) in [5.74, 6) is 1.79. The molecule has 6 heteroatoms. The zero-order valence-electron chi connectivity index (χ0n) is 14.5. The van der Waals surface area contributed by atoms with Crippen LogP contribution in [0.5, 0.6) is 5.75 Å². The van der Waals surface area contributed by atoms with Gasteiger partial charge < -0.3 is 9.30 Å². The van der Waals surface area contributed by atoms with Gasteiger partial charge in [0.15, 0.2) is 5.82 Å². The van der Waals surface area contributed by atoms with Gasteiger partial charge >= 0.3 is 0 Å². The number of hydrogen-bond donors (Lipinski definition) is 0. The molecule has 0 fully saturated rings. The van der Waals surface area contributed by atoms with Crippen molar-refractivity contribution >= 4 is 33.4 Å². The molecule has 132 valence electrons. The molecule has 4 rings (SSSR count). The van der Waals surface area contributed by atoms with Crippen LogP contribution < -0.4 is 4.74 Å². The second-order valence-corrected chi connectivity index (χ2v) is 7.61. The van der Waals surface area contributed by atoms with Crippen LogP contribution in [0.3, 0.4) is 0 Å². The molecule has 26 heavy (non-hydrogen) atoms. The summed E-state index contributed by atoms with van der Waals surface area (Å²) in [5, 5.41) is 0.719. The second kappa shape index (κ2) is 7.02. The maximum absolute atomic E-state index is 6.16. The van der Waals surface area contributed by atoms with Crippen molar-refractivity contribution in [2.45, 2.75) is 6.54 Å². The normalized spacial score (nSPS) is 11.0. The molecule has 0 bridgehead atoms. The number of nitrogens with zero attached hydrogens (tertiary/aromatic N) is 3. The molecule has 4 nitrogen and oxygen atoms in total. The molecule has 0 aliphatic carbocycles. The fourth-order valence-electron chi connectivity index (χ4n) is 2.92. The molecule has 0 unspecified atom stereocenters. The highest BCUT2D eigenvalue weighted by Gasteiger charge is 2.11. The minimum absolute atomic E-state index is 0.719. The number of ether oxygens (including phenoxy) is 1. The zero-order chi connectivity index (χ0) is 18.1. The molecule has 2 aromatic carbocycles. The second-order valence-electron chi connectivity index (χ2n) is 6.01. The van der Waals surface area contributed by atoms with Crippen LogP contribution >= 0.6 is 23.1 Å². The monoisotopic (exact) mass is 383 g/mol. The minimum Gasteiger partial charge on any atom is -0.497 e. The minimum atomic E-state index is 0.719. The van der Waals surface area contributed by atoms with Crippen molar-refractivity contribution in [1.29, 1.82) is 0 Å². The van der Waals surface area contributed by atoms with E-state index in [0.29, 0.717) is 0 Å². The summed E-state index contributed by atoms with van der Waals surface area (Å²) in [7, 11) is 3.73. The van der Waals surface area contributed by atoms with Gasteiger partial charge in [0.25, 0.3) is 0 Å². The van der Waals surface area contributed by atoms with Gasteiger partial charge in [-0.25, -0.2) is 4.98 Å². The van der Waals surface area contributed by atoms with Gasteiger partial charge in [-0.1, -0.05) is 35.3 Å². The average Bonchev–Trinajstić information content (AvgIpc) is 2.79. The highest BCUT2D eigenvalue weighted by Crippen LogP contribution is 2.27. The lowest BCUT2D eigenvalue weighted by Gasteiger charge is -2.14. The molecule has 2 aliphatic rings. The van der Waals surface area contributed by atoms with Crippen LogP contribution in [0.4, 0.5) is 0 Å². The number of rotatable bonds is 3. The third kappa shape index (κ3) is 3.28. The lowest BCUT2D eigenvalue weighted by atomic mass is 10.2. The molecular formula is C20H18ClN3OS. The van der Waals surface area contributed by atoms with Crippen LogP contribution in [0, 0.1) is 0 Å². The highest BCUT2D eigenvalue weighted by molar-refractivity contribution is 7.13. The van der Waals surface area contributed by atoms with Crippen LogP contribution in [-0.4, -0.2) is 20.6 Å². The number of aromatic nitrogens is 3. The summed E-state index contributed by atoms with van der Waals surface area (Å²) in [5.41, 5.74) is 3.19. The fraction of sp³-hybridized carbons (Fsp3) is 0.150. The zero-order valence-corrected chi connectivity index (χ0v) is 16.1. The van der Waals surface area contributed by atoms with Gasteiger partial charge in [0, 0.05) is 24.8 Å². The fourth-order valence-corrected chi connectivity index (χ4v) is 4.08. The third-order valence-corrected chi connectivity index (χ3v) is 5.49. The Bertz CT molecular complexity index is 1080. The molecule has 0 atom stereocenters. The molecule has 0 spiro atoms. The Morgan fingerprint density at radius 2 is 1.92 bits per heavy atom. The molecule has 0 saturated heterocycles. The van der Waals surface area contributed by atoms with Crippen molar-refractivity contribution < 1.29 is 4.74 Å². The Morgan fingerprint density at radius 3 is 2.69 bits per heavy atom. The predicted octanol–water partition coefficient (Wildman–Crippen LogP) is 5.38. The number of halogens is 1. The van der Waals surface area contributed by atoms with Crippen molar-refractivity contribution in [3.63, 3.8) is 0 Å². The topological polar surface area (TPSA) is 32.0 Å². The molecule has 2 aliphatic heterocycles. The number of pyridine rings is 1. The summed E-state index contributed by atoms with van der Waals surface area (Å²) in [6, 6.07) is 18.1. The Kier molecular flexibility index (Phi) is 4.57. The largest absolute Gasteiger partial charge is 0.497 e. The summed E-state index contributed by atoms with van der Waals surface area (Å²) in [6.45, 7) is 0.734. The highest BCUT2D eigenvalue weighted by atomic mass is 35.5. The van der Waals surface area contributed by atoms with Gasteiger partial charge in [-0.15, -0.1) is 0 Å². The van der Waals surface area contributed by atoms with E-state index < -0.39 is 0 Å². The smallest absolute Gasteiger partial charge is 0.158 e. The lowest BCUT2D eigenvalue weighted by molar-refractivity contribution is 0.414. The van der Waals surface area contributed by atoms with E-state index >= 15 is 0 Å². The Hall–Kier alpha value is -2.50. The molecule has 2 aromatic rings. The molecule has 0 amide bonds. The SMILES string of the molecule is COc1ccc(Cn2cccc3n(C)sc4cc(Cl)ccc4nc2-3)cc1. The van der Waals surface area contributed by atoms with E-state index in [9.17, 15) is 0 Å². The first-order valence-corrected chi connectivity index (χ1v) is 9.37. The first kappa shape index (κ1) is 16.9. The summed E-state index contributed by atoms with van der Waals surface area (Å²) in [4.78, 5) is 4.94. The summed E-state index contributed by atoms with van der Waals surface area (Å²) < 4.78 is 10.6. The Morgan fingerprint density at radius 1 is 1.12 bits per heavy atom. The van der Waals surface area contributed by atoms with Crippen LogP contribution in [0.2, 0.25) is 5.02 Å². The first-order valence-electron chi connectivity index (χ1n) is 8.22. The van der Waals surface area contributed by atoms with E-state index in [1.807, 2.05) is 37.4 Å². The number of aryl methyl sites for hydroxylation is 1. The number of hydrogen-bond acceptors (Lipinski definition) is 3. The summed E-state index contributed by atoms with van der Waals surface area (Å²) >= 11 is 7.80. The van der Waals surface area contributed by atoms with E-state index in [1.165, 1.54) is 5.56 Å². The van der Waals surface area contributed by atoms with Gasteiger partial charge in [0.1, 0.15) is 5.75 Å². The molecule has 0 radical (unpaired) electrons. The van der Waals surface area contributed by atoms with Crippen LogP contribution in [0.1, 0.15) is 5.56 Å². The Labute approximate surface area is 161 Å². The number of methoxy groups -OCH3 is 1. The van der Waals surface area contributed by atoms with Crippen LogP contribution in [0.15, 0.2) is 60.8 Å². The quantitative estimate of drug-likeness (QED) is 0.476. The molecular weight excluding hydrogens is 366 g/mol. The number of benzene rings is 2. The van der Waals surface area contributed by atoms with Gasteiger partial charge in [-0.05, 0) is 48.0 Å². The third-order valence-electron chi connectivity index (χ3n) is 4.26.